The summed E-state index contributed by atoms with van der Waals surface area (Å²) in [5.74, 6) is 0.414. The van der Waals surface area contributed by atoms with Crippen molar-refractivity contribution in [3.63, 3.8) is 0 Å². The molecule has 98 valence electrons. The molecule has 1 aliphatic rings. The Morgan fingerprint density at radius 2 is 2.11 bits per heavy atom. The Kier molecular flexibility index (Phi) is 3.84. The Labute approximate surface area is 106 Å². The minimum atomic E-state index is -1.23. The summed E-state index contributed by atoms with van der Waals surface area (Å²) in [4.78, 5) is 11.4. The van der Waals surface area contributed by atoms with E-state index in [-0.39, 0.29) is 13.2 Å². The van der Waals surface area contributed by atoms with Gasteiger partial charge in [-0.3, -0.25) is 0 Å². The third-order valence-electron chi connectivity index (χ3n) is 3.19. The highest BCUT2D eigenvalue weighted by Gasteiger charge is 2.42. The zero-order valence-corrected chi connectivity index (χ0v) is 10.5. The SMILES string of the molecule is CC1CC(F)(CNC(=O)OCc2ccccc2)C1. The Hall–Kier alpha value is -1.58. The van der Waals surface area contributed by atoms with Crippen LogP contribution in [0.5, 0.6) is 0 Å². The summed E-state index contributed by atoms with van der Waals surface area (Å²) in [6.45, 7) is 2.26. The van der Waals surface area contributed by atoms with Crippen LogP contribution in [0.4, 0.5) is 9.18 Å². The first-order chi connectivity index (χ1) is 8.57. The standard InChI is InChI=1S/C14H18FNO2/c1-11-7-14(15,8-11)10-16-13(17)18-9-12-5-3-2-4-6-12/h2-6,11H,7-10H2,1H3,(H,16,17). The fraction of sp³-hybridized carbons (Fsp3) is 0.500. The quantitative estimate of drug-likeness (QED) is 0.893. The largest absolute Gasteiger partial charge is 0.445 e. The minimum absolute atomic E-state index is 0.0466. The minimum Gasteiger partial charge on any atom is -0.445 e. The van der Waals surface area contributed by atoms with E-state index in [2.05, 4.69) is 5.32 Å². The van der Waals surface area contributed by atoms with Gasteiger partial charge in [0.25, 0.3) is 0 Å². The zero-order chi connectivity index (χ0) is 13.0. The van der Waals surface area contributed by atoms with Crippen molar-refractivity contribution in [1.82, 2.24) is 5.32 Å². The molecule has 18 heavy (non-hydrogen) atoms. The molecule has 1 amide bonds. The zero-order valence-electron chi connectivity index (χ0n) is 10.5. The van der Waals surface area contributed by atoms with Gasteiger partial charge < -0.3 is 10.1 Å². The van der Waals surface area contributed by atoms with Crippen molar-refractivity contribution in [2.45, 2.75) is 32.0 Å². The second-order valence-corrected chi connectivity index (χ2v) is 5.08. The van der Waals surface area contributed by atoms with Crippen molar-refractivity contribution in [2.75, 3.05) is 6.54 Å². The van der Waals surface area contributed by atoms with E-state index in [1.165, 1.54) is 0 Å². The Bertz CT molecular complexity index is 402. The molecule has 1 aromatic rings. The van der Waals surface area contributed by atoms with Crippen molar-refractivity contribution in [1.29, 1.82) is 0 Å². The number of benzene rings is 1. The number of carbonyl (C=O) groups is 1. The van der Waals surface area contributed by atoms with Crippen molar-refractivity contribution in [3.8, 4) is 0 Å². The van der Waals surface area contributed by atoms with Gasteiger partial charge in [-0.15, -0.1) is 0 Å². The van der Waals surface area contributed by atoms with Gasteiger partial charge in [-0.05, 0) is 24.3 Å². The summed E-state index contributed by atoms with van der Waals surface area (Å²) in [6, 6.07) is 9.40. The lowest BCUT2D eigenvalue weighted by atomic mass is 9.73. The highest BCUT2D eigenvalue weighted by atomic mass is 19.1. The van der Waals surface area contributed by atoms with E-state index in [1.54, 1.807) is 0 Å². The predicted octanol–water partition coefficient (Wildman–Crippen LogP) is 3.05. The van der Waals surface area contributed by atoms with Gasteiger partial charge in [-0.1, -0.05) is 37.3 Å². The lowest BCUT2D eigenvalue weighted by molar-refractivity contribution is 0.0152. The van der Waals surface area contributed by atoms with Gasteiger partial charge in [-0.2, -0.15) is 0 Å². The van der Waals surface area contributed by atoms with Gasteiger partial charge in [-0.25, -0.2) is 9.18 Å². The first-order valence-corrected chi connectivity index (χ1v) is 6.21. The van der Waals surface area contributed by atoms with E-state index in [0.717, 1.165) is 5.56 Å². The van der Waals surface area contributed by atoms with Gasteiger partial charge in [0, 0.05) is 0 Å². The molecule has 0 atom stereocenters. The van der Waals surface area contributed by atoms with E-state index in [1.807, 2.05) is 37.3 Å². The maximum Gasteiger partial charge on any atom is 0.407 e. The molecule has 1 N–H and O–H groups in total. The summed E-state index contributed by atoms with van der Waals surface area (Å²) >= 11 is 0. The van der Waals surface area contributed by atoms with Crippen LogP contribution >= 0.6 is 0 Å². The van der Waals surface area contributed by atoms with Gasteiger partial charge in [0.15, 0.2) is 0 Å². The van der Waals surface area contributed by atoms with Crippen LogP contribution in [0.25, 0.3) is 0 Å². The number of amides is 1. The summed E-state index contributed by atoms with van der Waals surface area (Å²) < 4.78 is 18.8. The van der Waals surface area contributed by atoms with E-state index in [9.17, 15) is 9.18 Å². The Morgan fingerprint density at radius 1 is 1.44 bits per heavy atom. The average molecular weight is 251 g/mol. The van der Waals surface area contributed by atoms with Crippen LogP contribution in [0, 0.1) is 5.92 Å². The molecular weight excluding hydrogens is 233 g/mol. The molecule has 3 nitrogen and oxygen atoms in total. The number of hydrogen-bond acceptors (Lipinski definition) is 2. The fourth-order valence-electron chi connectivity index (χ4n) is 2.34. The van der Waals surface area contributed by atoms with Crippen LogP contribution in [-0.2, 0) is 11.3 Å². The second-order valence-electron chi connectivity index (χ2n) is 5.08. The monoisotopic (exact) mass is 251 g/mol. The van der Waals surface area contributed by atoms with Gasteiger partial charge >= 0.3 is 6.09 Å². The summed E-state index contributed by atoms with van der Waals surface area (Å²) in [7, 11) is 0. The first-order valence-electron chi connectivity index (χ1n) is 6.21. The van der Waals surface area contributed by atoms with Gasteiger partial charge in [0.05, 0.1) is 6.54 Å². The number of alkyl halides is 1. The third-order valence-corrected chi connectivity index (χ3v) is 3.19. The van der Waals surface area contributed by atoms with Crippen LogP contribution < -0.4 is 5.32 Å². The van der Waals surface area contributed by atoms with E-state index < -0.39 is 11.8 Å². The van der Waals surface area contributed by atoms with Gasteiger partial charge in [0.2, 0.25) is 0 Å². The molecule has 1 fully saturated rings. The highest BCUT2D eigenvalue weighted by Crippen LogP contribution is 2.40. The van der Waals surface area contributed by atoms with Crippen LogP contribution in [-0.4, -0.2) is 18.3 Å². The number of nitrogens with one attached hydrogen (secondary N) is 1. The highest BCUT2D eigenvalue weighted by molar-refractivity contribution is 5.67. The average Bonchev–Trinajstić information content (AvgIpc) is 2.33. The van der Waals surface area contributed by atoms with Crippen molar-refractivity contribution in [3.05, 3.63) is 35.9 Å². The smallest absolute Gasteiger partial charge is 0.407 e. The number of halogens is 1. The molecule has 0 radical (unpaired) electrons. The predicted molar refractivity (Wildman–Crippen MR) is 66.9 cm³/mol. The second kappa shape index (κ2) is 5.38. The van der Waals surface area contributed by atoms with Crippen LogP contribution in [0.15, 0.2) is 30.3 Å². The third kappa shape index (κ3) is 3.45. The molecule has 1 saturated carbocycles. The molecule has 0 aliphatic heterocycles. The molecule has 4 heteroatoms. The van der Waals surface area contributed by atoms with E-state index in [0.29, 0.717) is 18.8 Å². The first kappa shape index (κ1) is 12.9. The molecule has 0 saturated heterocycles. The molecular formula is C14H18FNO2. The van der Waals surface area contributed by atoms with Gasteiger partial charge in [0.1, 0.15) is 12.3 Å². The Balaban J connectivity index is 1.67. The summed E-state index contributed by atoms with van der Waals surface area (Å²) in [6.07, 6.45) is 0.480. The Morgan fingerprint density at radius 3 is 2.72 bits per heavy atom. The van der Waals surface area contributed by atoms with Crippen LogP contribution in [0.1, 0.15) is 25.3 Å². The number of ether oxygens (including phenoxy) is 1. The number of hydrogen-bond donors (Lipinski definition) is 1. The molecule has 0 bridgehead atoms. The van der Waals surface area contributed by atoms with E-state index >= 15 is 0 Å². The molecule has 0 spiro atoms. The fourth-order valence-corrected chi connectivity index (χ4v) is 2.34. The topological polar surface area (TPSA) is 38.3 Å². The molecule has 0 heterocycles. The number of rotatable bonds is 4. The molecule has 0 unspecified atom stereocenters. The normalized spacial score (nSPS) is 26.2. The van der Waals surface area contributed by atoms with Crippen molar-refractivity contribution in [2.24, 2.45) is 5.92 Å². The molecule has 0 aromatic heterocycles. The van der Waals surface area contributed by atoms with Crippen LogP contribution in [0.2, 0.25) is 0 Å². The maximum absolute atomic E-state index is 13.8. The number of alkyl carbamates (subject to hydrolysis) is 1. The van der Waals surface area contributed by atoms with E-state index in [4.69, 9.17) is 4.74 Å². The van der Waals surface area contributed by atoms with Crippen LogP contribution in [0.3, 0.4) is 0 Å². The molecule has 1 aliphatic carbocycles. The maximum atomic E-state index is 13.8. The summed E-state index contributed by atoms with van der Waals surface area (Å²) in [5.41, 5.74) is -0.314. The molecule has 2 rings (SSSR count). The van der Waals surface area contributed by atoms with Crippen molar-refractivity contribution >= 4 is 6.09 Å². The lowest BCUT2D eigenvalue weighted by Gasteiger charge is -2.39. The number of carbonyl (C=O) groups excluding carboxylic acids is 1. The van der Waals surface area contributed by atoms with Crippen molar-refractivity contribution < 1.29 is 13.9 Å². The lowest BCUT2D eigenvalue weighted by Crippen LogP contribution is -2.48. The molecule has 1 aromatic carbocycles. The summed E-state index contributed by atoms with van der Waals surface area (Å²) in [5, 5.41) is 2.48.